The van der Waals surface area contributed by atoms with Crippen LogP contribution >= 0.6 is 0 Å². The first-order valence-electron chi connectivity index (χ1n) is 6.16. The predicted molar refractivity (Wildman–Crippen MR) is 69.8 cm³/mol. The Balaban J connectivity index is 2.87. The molecule has 3 heteroatoms. The van der Waals surface area contributed by atoms with Crippen LogP contribution in [0.2, 0.25) is 0 Å². The monoisotopic (exact) mass is 221 g/mol. The first-order valence-corrected chi connectivity index (χ1v) is 6.16. The number of hydrogen-bond donors (Lipinski definition) is 1. The SMILES string of the molecule is CCCN(CCC)c1ncccc1CNC. The van der Waals surface area contributed by atoms with E-state index in [-0.39, 0.29) is 0 Å². The Bertz CT molecular complexity index is 293. The maximum absolute atomic E-state index is 4.52. The molecular weight excluding hydrogens is 198 g/mol. The number of nitrogens with zero attached hydrogens (tertiary/aromatic N) is 2. The van der Waals surface area contributed by atoms with Crippen molar-refractivity contribution >= 4 is 5.82 Å². The predicted octanol–water partition coefficient (Wildman–Crippen LogP) is 2.43. The molecule has 16 heavy (non-hydrogen) atoms. The molecule has 0 aliphatic rings. The minimum absolute atomic E-state index is 0.882. The number of anilines is 1. The van der Waals surface area contributed by atoms with Gasteiger partial charge >= 0.3 is 0 Å². The van der Waals surface area contributed by atoms with Crippen LogP contribution in [-0.4, -0.2) is 25.1 Å². The van der Waals surface area contributed by atoms with Crippen molar-refractivity contribution in [3.8, 4) is 0 Å². The maximum Gasteiger partial charge on any atom is 0.133 e. The van der Waals surface area contributed by atoms with Crippen LogP contribution in [0.15, 0.2) is 18.3 Å². The average Bonchev–Trinajstić information content (AvgIpc) is 2.30. The zero-order valence-corrected chi connectivity index (χ0v) is 10.7. The highest BCUT2D eigenvalue weighted by atomic mass is 15.2. The van der Waals surface area contributed by atoms with Crippen molar-refractivity contribution in [2.24, 2.45) is 0 Å². The van der Waals surface area contributed by atoms with Gasteiger partial charge in [-0.25, -0.2) is 4.98 Å². The molecule has 3 nitrogen and oxygen atoms in total. The van der Waals surface area contributed by atoms with Crippen LogP contribution in [0, 0.1) is 0 Å². The molecule has 0 fully saturated rings. The van der Waals surface area contributed by atoms with Gasteiger partial charge in [0.2, 0.25) is 0 Å². The Morgan fingerprint density at radius 3 is 2.50 bits per heavy atom. The van der Waals surface area contributed by atoms with Gasteiger partial charge in [-0.15, -0.1) is 0 Å². The molecular formula is C13H23N3. The van der Waals surface area contributed by atoms with Gasteiger partial charge in [0.1, 0.15) is 5.82 Å². The maximum atomic E-state index is 4.52. The van der Waals surface area contributed by atoms with Crippen molar-refractivity contribution in [3.63, 3.8) is 0 Å². The van der Waals surface area contributed by atoms with Crippen LogP contribution in [0.5, 0.6) is 0 Å². The van der Waals surface area contributed by atoms with E-state index in [9.17, 15) is 0 Å². The Morgan fingerprint density at radius 2 is 1.94 bits per heavy atom. The first-order chi connectivity index (χ1) is 7.83. The number of pyridine rings is 1. The van der Waals surface area contributed by atoms with Gasteiger partial charge in [0, 0.05) is 31.4 Å². The molecule has 0 radical (unpaired) electrons. The molecule has 0 unspecified atom stereocenters. The largest absolute Gasteiger partial charge is 0.356 e. The highest BCUT2D eigenvalue weighted by Gasteiger charge is 2.10. The van der Waals surface area contributed by atoms with Gasteiger partial charge in [0.25, 0.3) is 0 Å². The molecule has 0 amide bonds. The molecule has 0 atom stereocenters. The summed E-state index contributed by atoms with van der Waals surface area (Å²) in [6, 6.07) is 4.16. The molecule has 0 spiro atoms. The van der Waals surface area contributed by atoms with Crippen LogP contribution in [0.3, 0.4) is 0 Å². The van der Waals surface area contributed by atoms with Crippen LogP contribution in [0.25, 0.3) is 0 Å². The normalized spacial score (nSPS) is 10.4. The van der Waals surface area contributed by atoms with Gasteiger partial charge in [0.15, 0.2) is 0 Å². The minimum atomic E-state index is 0.882. The van der Waals surface area contributed by atoms with Gasteiger partial charge in [-0.1, -0.05) is 19.9 Å². The molecule has 1 N–H and O–H groups in total. The van der Waals surface area contributed by atoms with Crippen LogP contribution in [0.4, 0.5) is 5.82 Å². The Labute approximate surface area is 98.9 Å². The van der Waals surface area contributed by atoms with Gasteiger partial charge in [0.05, 0.1) is 0 Å². The second kappa shape index (κ2) is 7.23. The fourth-order valence-corrected chi connectivity index (χ4v) is 1.91. The number of aromatic nitrogens is 1. The highest BCUT2D eigenvalue weighted by molar-refractivity contribution is 5.46. The van der Waals surface area contributed by atoms with Crippen molar-refractivity contribution in [1.29, 1.82) is 0 Å². The Morgan fingerprint density at radius 1 is 1.25 bits per heavy atom. The zero-order chi connectivity index (χ0) is 11.8. The average molecular weight is 221 g/mol. The van der Waals surface area contributed by atoms with Gasteiger partial charge in [-0.05, 0) is 26.0 Å². The summed E-state index contributed by atoms with van der Waals surface area (Å²) in [6.07, 6.45) is 4.21. The molecule has 1 rings (SSSR count). The fourth-order valence-electron chi connectivity index (χ4n) is 1.91. The lowest BCUT2D eigenvalue weighted by atomic mass is 10.2. The van der Waals surface area contributed by atoms with Crippen molar-refractivity contribution in [2.45, 2.75) is 33.2 Å². The van der Waals surface area contributed by atoms with E-state index in [0.29, 0.717) is 0 Å². The molecule has 1 heterocycles. The Kier molecular flexibility index (Phi) is 5.86. The highest BCUT2D eigenvalue weighted by Crippen LogP contribution is 2.17. The quantitative estimate of drug-likeness (QED) is 0.766. The van der Waals surface area contributed by atoms with E-state index in [0.717, 1.165) is 38.3 Å². The molecule has 0 aromatic carbocycles. The molecule has 0 aliphatic carbocycles. The lowest BCUT2D eigenvalue weighted by molar-refractivity contribution is 0.719. The van der Waals surface area contributed by atoms with Crippen LogP contribution < -0.4 is 10.2 Å². The molecule has 0 bridgehead atoms. The summed E-state index contributed by atoms with van der Waals surface area (Å²) in [6.45, 7) is 7.48. The van der Waals surface area contributed by atoms with Crippen LogP contribution in [0.1, 0.15) is 32.3 Å². The zero-order valence-electron chi connectivity index (χ0n) is 10.7. The third kappa shape index (κ3) is 3.49. The summed E-state index contributed by atoms with van der Waals surface area (Å²) in [5, 5.41) is 3.20. The lowest BCUT2D eigenvalue weighted by Gasteiger charge is -2.24. The summed E-state index contributed by atoms with van der Waals surface area (Å²) in [7, 11) is 1.97. The second-order valence-corrected chi connectivity index (χ2v) is 4.00. The van der Waals surface area contributed by atoms with E-state index in [2.05, 4.69) is 35.1 Å². The number of hydrogen-bond acceptors (Lipinski definition) is 3. The second-order valence-electron chi connectivity index (χ2n) is 4.00. The smallest absolute Gasteiger partial charge is 0.133 e. The number of nitrogens with one attached hydrogen (secondary N) is 1. The topological polar surface area (TPSA) is 28.2 Å². The van der Waals surface area contributed by atoms with E-state index in [4.69, 9.17) is 0 Å². The number of rotatable bonds is 7. The van der Waals surface area contributed by atoms with Crippen molar-refractivity contribution in [3.05, 3.63) is 23.9 Å². The Hall–Kier alpha value is -1.09. The van der Waals surface area contributed by atoms with Crippen molar-refractivity contribution < 1.29 is 0 Å². The third-order valence-electron chi connectivity index (χ3n) is 2.52. The first kappa shape index (κ1) is 13.0. The van der Waals surface area contributed by atoms with E-state index in [1.165, 1.54) is 5.56 Å². The summed E-state index contributed by atoms with van der Waals surface area (Å²) in [4.78, 5) is 6.90. The van der Waals surface area contributed by atoms with Gasteiger partial charge in [-0.3, -0.25) is 0 Å². The summed E-state index contributed by atoms with van der Waals surface area (Å²) in [5.41, 5.74) is 1.28. The van der Waals surface area contributed by atoms with Gasteiger partial charge < -0.3 is 10.2 Å². The molecule has 0 saturated carbocycles. The van der Waals surface area contributed by atoms with E-state index in [1.807, 2.05) is 19.3 Å². The summed E-state index contributed by atoms with van der Waals surface area (Å²) in [5.74, 6) is 1.14. The molecule has 1 aromatic rings. The summed E-state index contributed by atoms with van der Waals surface area (Å²) >= 11 is 0. The standard InChI is InChI=1S/C13H23N3/c1-4-9-16(10-5-2)13-12(11-14-3)7-6-8-15-13/h6-8,14H,4-5,9-11H2,1-3H3. The lowest BCUT2D eigenvalue weighted by Crippen LogP contribution is -2.27. The van der Waals surface area contributed by atoms with Crippen molar-refractivity contribution in [2.75, 3.05) is 25.0 Å². The van der Waals surface area contributed by atoms with Crippen LogP contribution in [-0.2, 0) is 6.54 Å². The van der Waals surface area contributed by atoms with Gasteiger partial charge in [-0.2, -0.15) is 0 Å². The van der Waals surface area contributed by atoms with E-state index >= 15 is 0 Å². The minimum Gasteiger partial charge on any atom is -0.356 e. The molecule has 1 aromatic heterocycles. The van der Waals surface area contributed by atoms with E-state index in [1.54, 1.807) is 0 Å². The molecule has 0 saturated heterocycles. The van der Waals surface area contributed by atoms with E-state index < -0.39 is 0 Å². The van der Waals surface area contributed by atoms with Crippen molar-refractivity contribution in [1.82, 2.24) is 10.3 Å². The molecule has 90 valence electrons. The molecule has 0 aliphatic heterocycles. The fraction of sp³-hybridized carbons (Fsp3) is 0.615. The summed E-state index contributed by atoms with van der Waals surface area (Å²) < 4.78 is 0. The third-order valence-corrected chi connectivity index (χ3v) is 2.52.